The summed E-state index contributed by atoms with van der Waals surface area (Å²) in [5.41, 5.74) is 2.30. The first-order chi connectivity index (χ1) is 14.1. The number of aromatic nitrogens is 1. The number of aliphatic imine (C=N–C) groups is 1. The SMILES string of the molecule is CN=C(NCc1sc(C)nc1C)NCC1(c2ccc3c(c2)OCO3)CCOCC1. The summed E-state index contributed by atoms with van der Waals surface area (Å²) in [5, 5.41) is 8.05. The lowest BCUT2D eigenvalue weighted by Gasteiger charge is -2.38. The van der Waals surface area contributed by atoms with Crippen LogP contribution >= 0.6 is 11.3 Å². The quantitative estimate of drug-likeness (QED) is 0.577. The molecule has 0 amide bonds. The Kier molecular flexibility index (Phi) is 5.91. The van der Waals surface area contributed by atoms with E-state index in [1.165, 1.54) is 10.4 Å². The third-order valence-corrected chi connectivity index (χ3v) is 6.74. The van der Waals surface area contributed by atoms with Crippen molar-refractivity contribution in [2.75, 3.05) is 33.6 Å². The number of benzene rings is 1. The normalized spacial score (nSPS) is 18.0. The smallest absolute Gasteiger partial charge is 0.231 e. The Labute approximate surface area is 175 Å². The number of ether oxygens (including phenoxy) is 3. The van der Waals surface area contributed by atoms with Crippen molar-refractivity contribution >= 4 is 17.3 Å². The van der Waals surface area contributed by atoms with Gasteiger partial charge in [0.1, 0.15) is 0 Å². The number of fused-ring (bicyclic) bond motifs is 1. The van der Waals surface area contributed by atoms with Crippen LogP contribution in [-0.2, 0) is 16.7 Å². The molecule has 156 valence electrons. The number of hydrogen-bond donors (Lipinski definition) is 2. The molecule has 3 heterocycles. The summed E-state index contributed by atoms with van der Waals surface area (Å²) in [5.74, 6) is 2.44. The maximum absolute atomic E-state index is 5.66. The van der Waals surface area contributed by atoms with Crippen molar-refractivity contribution in [1.82, 2.24) is 15.6 Å². The van der Waals surface area contributed by atoms with Crippen molar-refractivity contribution < 1.29 is 14.2 Å². The predicted molar refractivity (Wildman–Crippen MR) is 114 cm³/mol. The molecular formula is C21H28N4O3S. The van der Waals surface area contributed by atoms with Crippen molar-refractivity contribution in [1.29, 1.82) is 0 Å². The Bertz CT molecular complexity index is 890. The third-order valence-electron chi connectivity index (χ3n) is 5.67. The fourth-order valence-corrected chi connectivity index (χ4v) is 4.81. The Morgan fingerprint density at radius 3 is 2.69 bits per heavy atom. The lowest BCUT2D eigenvalue weighted by atomic mass is 9.74. The van der Waals surface area contributed by atoms with E-state index in [2.05, 4.69) is 32.7 Å². The second-order valence-corrected chi connectivity index (χ2v) is 8.77. The monoisotopic (exact) mass is 416 g/mol. The number of nitrogens with zero attached hydrogens (tertiary/aromatic N) is 2. The number of nitrogens with one attached hydrogen (secondary N) is 2. The van der Waals surface area contributed by atoms with Gasteiger partial charge in [-0.1, -0.05) is 6.07 Å². The lowest BCUT2D eigenvalue weighted by Crippen LogP contribution is -2.47. The van der Waals surface area contributed by atoms with Crippen molar-refractivity contribution in [3.05, 3.63) is 39.3 Å². The highest BCUT2D eigenvalue weighted by Gasteiger charge is 2.35. The van der Waals surface area contributed by atoms with Gasteiger partial charge in [0, 0.05) is 37.1 Å². The second-order valence-electron chi connectivity index (χ2n) is 7.48. The van der Waals surface area contributed by atoms with Crippen LogP contribution in [0, 0.1) is 13.8 Å². The van der Waals surface area contributed by atoms with Crippen LogP contribution in [0.5, 0.6) is 11.5 Å². The summed E-state index contributed by atoms with van der Waals surface area (Å²) in [4.78, 5) is 10.1. The summed E-state index contributed by atoms with van der Waals surface area (Å²) in [6.07, 6.45) is 1.90. The lowest BCUT2D eigenvalue weighted by molar-refractivity contribution is 0.0513. The predicted octanol–water partition coefficient (Wildman–Crippen LogP) is 2.90. The molecule has 29 heavy (non-hydrogen) atoms. The first-order valence-electron chi connectivity index (χ1n) is 9.95. The molecule has 8 heteroatoms. The molecule has 1 saturated heterocycles. The van der Waals surface area contributed by atoms with E-state index in [0.717, 1.165) is 67.3 Å². The molecule has 2 aliphatic heterocycles. The molecule has 0 saturated carbocycles. The molecule has 0 unspecified atom stereocenters. The van der Waals surface area contributed by atoms with Crippen LogP contribution in [0.1, 0.15) is 34.0 Å². The zero-order chi connectivity index (χ0) is 20.3. The van der Waals surface area contributed by atoms with Crippen LogP contribution in [0.25, 0.3) is 0 Å². The van der Waals surface area contributed by atoms with E-state index in [4.69, 9.17) is 14.2 Å². The van der Waals surface area contributed by atoms with E-state index in [9.17, 15) is 0 Å². The van der Waals surface area contributed by atoms with Gasteiger partial charge in [-0.3, -0.25) is 4.99 Å². The Morgan fingerprint density at radius 1 is 1.17 bits per heavy atom. The van der Waals surface area contributed by atoms with Gasteiger partial charge in [0.15, 0.2) is 17.5 Å². The Morgan fingerprint density at radius 2 is 1.97 bits per heavy atom. The third kappa shape index (κ3) is 4.33. The average Bonchev–Trinajstić information content (AvgIpc) is 3.33. The van der Waals surface area contributed by atoms with Gasteiger partial charge < -0.3 is 24.8 Å². The molecule has 4 rings (SSSR count). The summed E-state index contributed by atoms with van der Waals surface area (Å²) in [6, 6.07) is 6.28. The maximum atomic E-state index is 5.66. The summed E-state index contributed by atoms with van der Waals surface area (Å²) in [7, 11) is 1.80. The molecule has 7 nitrogen and oxygen atoms in total. The minimum absolute atomic E-state index is 0.0339. The molecule has 0 spiro atoms. The summed E-state index contributed by atoms with van der Waals surface area (Å²) in [6.45, 7) is 7.37. The van der Waals surface area contributed by atoms with Gasteiger partial charge in [-0.25, -0.2) is 4.98 Å². The van der Waals surface area contributed by atoms with Gasteiger partial charge in [-0.05, 0) is 44.4 Å². The van der Waals surface area contributed by atoms with Crippen LogP contribution < -0.4 is 20.1 Å². The Hall–Kier alpha value is -2.32. The van der Waals surface area contributed by atoms with Gasteiger partial charge in [-0.15, -0.1) is 11.3 Å². The summed E-state index contributed by atoms with van der Waals surface area (Å²) < 4.78 is 16.7. The van der Waals surface area contributed by atoms with Gasteiger partial charge >= 0.3 is 0 Å². The number of thiazole rings is 1. The van der Waals surface area contributed by atoms with Crippen LogP contribution in [-0.4, -0.2) is 44.5 Å². The number of guanidine groups is 1. The van der Waals surface area contributed by atoms with Crippen molar-refractivity contribution in [2.45, 2.75) is 38.6 Å². The molecule has 1 aromatic carbocycles. The first-order valence-corrected chi connectivity index (χ1v) is 10.8. The number of aryl methyl sites for hydroxylation is 2. The average molecular weight is 417 g/mol. The van der Waals surface area contributed by atoms with Gasteiger partial charge in [0.2, 0.25) is 6.79 Å². The van der Waals surface area contributed by atoms with Crippen LogP contribution in [0.3, 0.4) is 0 Å². The Balaban J connectivity index is 1.45. The van der Waals surface area contributed by atoms with Crippen molar-refractivity contribution in [3.8, 4) is 11.5 Å². The van der Waals surface area contributed by atoms with Gasteiger partial charge in [0.05, 0.1) is 17.2 Å². The number of rotatable bonds is 5. The summed E-state index contributed by atoms with van der Waals surface area (Å²) >= 11 is 1.72. The van der Waals surface area contributed by atoms with E-state index >= 15 is 0 Å². The largest absolute Gasteiger partial charge is 0.454 e. The molecule has 0 bridgehead atoms. The fourth-order valence-electron chi connectivity index (χ4n) is 3.93. The topological polar surface area (TPSA) is 77.0 Å². The highest BCUT2D eigenvalue weighted by atomic mass is 32.1. The van der Waals surface area contributed by atoms with E-state index in [0.29, 0.717) is 6.79 Å². The van der Waals surface area contributed by atoms with E-state index in [1.54, 1.807) is 18.4 Å². The number of hydrogen-bond acceptors (Lipinski definition) is 6. The molecule has 1 aromatic heterocycles. The minimum Gasteiger partial charge on any atom is -0.454 e. The molecule has 2 aromatic rings. The zero-order valence-electron chi connectivity index (χ0n) is 17.2. The molecule has 0 aliphatic carbocycles. The molecule has 2 N–H and O–H groups in total. The molecule has 0 atom stereocenters. The standard InChI is InChI=1S/C21H28N4O3S/c1-14-19(29-15(2)25-14)11-23-20(22-3)24-12-21(6-8-26-9-7-21)16-4-5-17-18(10-16)28-13-27-17/h4-5,10H,6-9,11-13H2,1-3H3,(H2,22,23,24). The van der Waals surface area contributed by atoms with E-state index in [1.807, 2.05) is 19.9 Å². The van der Waals surface area contributed by atoms with Crippen LogP contribution in [0.2, 0.25) is 0 Å². The van der Waals surface area contributed by atoms with Gasteiger partial charge in [0.25, 0.3) is 0 Å². The van der Waals surface area contributed by atoms with Crippen molar-refractivity contribution in [2.24, 2.45) is 4.99 Å². The zero-order valence-corrected chi connectivity index (χ0v) is 18.0. The molecular weight excluding hydrogens is 388 g/mol. The van der Waals surface area contributed by atoms with Crippen molar-refractivity contribution in [3.63, 3.8) is 0 Å². The minimum atomic E-state index is -0.0339. The highest BCUT2D eigenvalue weighted by Crippen LogP contribution is 2.40. The highest BCUT2D eigenvalue weighted by molar-refractivity contribution is 7.11. The van der Waals surface area contributed by atoms with E-state index < -0.39 is 0 Å². The maximum Gasteiger partial charge on any atom is 0.231 e. The molecule has 2 aliphatic rings. The van der Waals surface area contributed by atoms with Crippen LogP contribution in [0.4, 0.5) is 0 Å². The second kappa shape index (κ2) is 8.59. The first kappa shape index (κ1) is 20.0. The van der Waals surface area contributed by atoms with Gasteiger partial charge in [-0.2, -0.15) is 0 Å². The van der Waals surface area contributed by atoms with Crippen LogP contribution in [0.15, 0.2) is 23.2 Å². The fraction of sp³-hybridized carbons (Fsp3) is 0.524. The van der Waals surface area contributed by atoms with E-state index in [-0.39, 0.29) is 5.41 Å². The molecule has 0 radical (unpaired) electrons. The molecule has 1 fully saturated rings.